The number of hydrogen-bond donors (Lipinski definition) is 0. The van der Waals surface area contributed by atoms with E-state index in [1.54, 1.807) is 0 Å². The Morgan fingerprint density at radius 2 is 0.366 bits per heavy atom. The molecule has 0 amide bonds. The second kappa shape index (κ2) is 49.6. The van der Waals surface area contributed by atoms with Crippen LogP contribution in [0.15, 0.2) is 467 Å². The molecule has 0 radical (unpaired) electrons. The molecule has 0 saturated heterocycles. The molecule has 656 valence electrons. The molecular weight excluding hydrogens is 1580 g/mol. The van der Waals surface area contributed by atoms with Gasteiger partial charge in [0.1, 0.15) is 0 Å². The van der Waals surface area contributed by atoms with Crippen molar-refractivity contribution in [3.05, 3.63) is 489 Å². The fourth-order valence-corrected chi connectivity index (χ4v) is 17.5. The number of fused-ring (bicyclic) bond motifs is 25. The standard InChI is InChI=1S/C18H13N.C18H12.C15H14.2C14H10.C13H11N.C13H10.C10H8.7C2H6/c1-2-8-14(9-3-1)19-17-12-6-4-10-15(17)16-11-5-7-13-18(16)19;1-2-8-14-13(7-1)15-9-3-4-11-17(15)18-12-6-5-10-16(14)18;1-15(2)13-9-5-3-7-11(13)12-8-4-6-10-14(12)15;2*1-3-7-13-11(5-1)9-10-12-6-2-4-8-14(12)13;1-14-12-8-4-2-6-10(12)11-7-3-5-9-13(11)14;1-3-7-12-10(5-1)9-11-6-2-4-8-13(11)12;1-2-6-10-8-4-3-7-9(10)5-1;7*1-2/h1-13H;1-12H;3-10H,1-2H3;2*1-10H;2-9H,1H3;1-8H,9H2;1-8H;7*1-2H3. The van der Waals surface area contributed by atoms with Crippen molar-refractivity contribution in [1.82, 2.24) is 9.13 Å². The molecule has 2 heterocycles. The molecular formula is C129H130N2. The Bertz CT molecular complexity index is 6780. The van der Waals surface area contributed by atoms with Crippen molar-refractivity contribution < 1.29 is 0 Å². The van der Waals surface area contributed by atoms with Crippen LogP contribution in [0.2, 0.25) is 0 Å². The van der Waals surface area contributed by atoms with E-state index >= 15 is 0 Å². The summed E-state index contributed by atoms with van der Waals surface area (Å²) >= 11 is 0. The molecule has 21 aromatic carbocycles. The van der Waals surface area contributed by atoms with Crippen molar-refractivity contribution >= 4 is 130 Å². The number of para-hydroxylation sites is 5. The highest BCUT2D eigenvalue weighted by atomic mass is 15.0. The zero-order valence-corrected chi connectivity index (χ0v) is 80.1. The van der Waals surface area contributed by atoms with Gasteiger partial charge in [0.05, 0.1) is 11.0 Å². The van der Waals surface area contributed by atoms with Crippen LogP contribution in [0.5, 0.6) is 0 Å². The monoisotopic (exact) mass is 1710 g/mol. The average Bonchev–Trinajstić information content (AvgIpc) is 1.74. The van der Waals surface area contributed by atoms with Crippen LogP contribution in [0.3, 0.4) is 0 Å². The van der Waals surface area contributed by atoms with Crippen LogP contribution in [0.4, 0.5) is 0 Å². The summed E-state index contributed by atoms with van der Waals surface area (Å²) in [6.45, 7) is 32.6. The number of rotatable bonds is 1. The van der Waals surface area contributed by atoms with E-state index in [1.165, 1.54) is 180 Å². The van der Waals surface area contributed by atoms with Gasteiger partial charge in [0.2, 0.25) is 0 Å². The Kier molecular flexibility index (Phi) is 36.7. The molecule has 2 nitrogen and oxygen atoms in total. The molecule has 0 atom stereocenters. The minimum absolute atomic E-state index is 0.160. The molecule has 0 N–H and O–H groups in total. The molecule has 0 spiro atoms. The maximum atomic E-state index is 2.32. The predicted molar refractivity (Wildman–Crippen MR) is 585 cm³/mol. The van der Waals surface area contributed by atoms with E-state index in [9.17, 15) is 0 Å². The maximum Gasteiger partial charge on any atom is 0.0541 e. The molecule has 0 aliphatic heterocycles. The summed E-state index contributed by atoms with van der Waals surface area (Å²) in [6, 6.07) is 165. The van der Waals surface area contributed by atoms with E-state index in [2.05, 4.69) is 497 Å². The van der Waals surface area contributed by atoms with Crippen LogP contribution in [-0.2, 0) is 18.9 Å². The summed E-state index contributed by atoms with van der Waals surface area (Å²) in [5.41, 5.74) is 17.9. The quantitative estimate of drug-likeness (QED) is 0.145. The van der Waals surface area contributed by atoms with Gasteiger partial charge < -0.3 is 9.13 Å². The maximum absolute atomic E-state index is 2.32. The summed E-state index contributed by atoms with van der Waals surface area (Å²) in [6.07, 6.45) is 1.10. The Morgan fingerprint density at radius 1 is 0.168 bits per heavy atom. The zero-order chi connectivity index (χ0) is 92.9. The SMILES string of the molecule is CC.CC.CC.CC.CC.CC.CC.CC1(C)c2ccccc2-c2ccccc21.Cn1c2ccccc2c2ccccc21.c1ccc(-n2c3ccccc3c3ccccc32)cc1.c1ccc2c(c1)Cc1ccccc1-2.c1ccc2c(c1)c1ccccc1c1ccccc21.c1ccc2c(c1)ccc1ccccc12.c1ccc2c(c1)ccc1ccccc12.c1ccc2ccccc2c1. The highest BCUT2D eigenvalue weighted by molar-refractivity contribution is 6.25. The van der Waals surface area contributed by atoms with E-state index in [0.29, 0.717) is 0 Å². The highest BCUT2D eigenvalue weighted by Gasteiger charge is 2.34. The number of nitrogens with zero attached hydrogens (tertiary/aromatic N) is 2. The van der Waals surface area contributed by atoms with Crippen LogP contribution >= 0.6 is 0 Å². The van der Waals surface area contributed by atoms with Crippen molar-refractivity contribution in [2.24, 2.45) is 7.05 Å². The van der Waals surface area contributed by atoms with Gasteiger partial charge in [-0.3, -0.25) is 0 Å². The summed E-state index contributed by atoms with van der Waals surface area (Å²) in [4.78, 5) is 0. The average molecular weight is 1710 g/mol. The summed E-state index contributed by atoms with van der Waals surface area (Å²) in [5.74, 6) is 0. The lowest BCUT2D eigenvalue weighted by atomic mass is 9.82. The Morgan fingerprint density at radius 3 is 0.656 bits per heavy atom. The number of aryl methyl sites for hydroxylation is 1. The largest absolute Gasteiger partial charge is 0.344 e. The second-order valence-corrected chi connectivity index (χ2v) is 30.5. The number of benzene rings is 21. The fourth-order valence-electron chi connectivity index (χ4n) is 17.5. The molecule has 131 heavy (non-hydrogen) atoms. The molecule has 2 heteroatoms. The summed E-state index contributed by atoms with van der Waals surface area (Å²) < 4.78 is 4.56. The van der Waals surface area contributed by atoms with Crippen LogP contribution in [0, 0.1) is 0 Å². The number of aromatic nitrogens is 2. The number of hydrogen-bond acceptors (Lipinski definition) is 0. The summed E-state index contributed by atoms with van der Waals surface area (Å²) in [5, 5.41) is 26.5. The van der Waals surface area contributed by atoms with E-state index in [-0.39, 0.29) is 5.41 Å². The first kappa shape index (κ1) is 96.9. The lowest BCUT2D eigenvalue weighted by Crippen LogP contribution is -2.14. The topological polar surface area (TPSA) is 9.86 Å². The Labute approximate surface area is 780 Å². The molecule has 0 saturated carbocycles. The van der Waals surface area contributed by atoms with E-state index < -0.39 is 0 Å². The highest BCUT2D eigenvalue weighted by Crippen LogP contribution is 2.48. The van der Waals surface area contributed by atoms with Crippen LogP contribution in [-0.4, -0.2) is 9.13 Å². The molecule has 0 fully saturated rings. The first-order valence-electron chi connectivity index (χ1n) is 47.6. The Balaban J connectivity index is 0.000000142. The van der Waals surface area contributed by atoms with Crippen molar-refractivity contribution in [2.45, 2.75) is 123 Å². The fraction of sp³-hybridized carbons (Fsp3) is 0.147. The van der Waals surface area contributed by atoms with Gasteiger partial charge in [0, 0.05) is 50.7 Å². The van der Waals surface area contributed by atoms with Gasteiger partial charge in [-0.15, -0.1) is 0 Å². The molecule has 23 aromatic rings. The summed E-state index contributed by atoms with van der Waals surface area (Å²) in [7, 11) is 2.12. The lowest BCUT2D eigenvalue weighted by Gasteiger charge is -2.20. The third-order valence-electron chi connectivity index (χ3n) is 23.2. The third-order valence-corrected chi connectivity index (χ3v) is 23.2. The zero-order valence-electron chi connectivity index (χ0n) is 80.1. The van der Waals surface area contributed by atoms with E-state index in [4.69, 9.17) is 0 Å². The molecule has 0 unspecified atom stereocenters. The van der Waals surface area contributed by atoms with Gasteiger partial charge in [0.15, 0.2) is 0 Å². The molecule has 25 rings (SSSR count). The van der Waals surface area contributed by atoms with Crippen molar-refractivity contribution in [3.63, 3.8) is 0 Å². The van der Waals surface area contributed by atoms with Crippen molar-refractivity contribution in [1.29, 1.82) is 0 Å². The minimum atomic E-state index is 0.160. The van der Waals surface area contributed by atoms with Gasteiger partial charge in [-0.2, -0.15) is 0 Å². The third kappa shape index (κ3) is 22.2. The first-order valence-corrected chi connectivity index (χ1v) is 47.6. The van der Waals surface area contributed by atoms with Crippen LogP contribution in [0.25, 0.3) is 158 Å². The molecule has 2 aliphatic rings. The van der Waals surface area contributed by atoms with E-state index in [0.717, 1.165) is 6.42 Å². The van der Waals surface area contributed by atoms with Crippen LogP contribution in [0.1, 0.15) is 133 Å². The lowest BCUT2D eigenvalue weighted by molar-refractivity contribution is 0.660. The van der Waals surface area contributed by atoms with Gasteiger partial charge in [0.25, 0.3) is 0 Å². The van der Waals surface area contributed by atoms with Crippen molar-refractivity contribution in [2.75, 3.05) is 0 Å². The molecule has 0 bridgehead atoms. The minimum Gasteiger partial charge on any atom is -0.344 e. The van der Waals surface area contributed by atoms with Gasteiger partial charge in [-0.1, -0.05) is 541 Å². The molecule has 2 aromatic heterocycles. The normalized spacial score (nSPS) is 10.8. The second-order valence-electron chi connectivity index (χ2n) is 30.5. The van der Waals surface area contributed by atoms with Crippen LogP contribution < -0.4 is 0 Å². The Hall–Kier alpha value is -14.7. The predicted octanol–water partition coefficient (Wildman–Crippen LogP) is 38.5. The van der Waals surface area contributed by atoms with Gasteiger partial charge in [-0.25, -0.2) is 0 Å². The molecule has 2 aliphatic carbocycles. The van der Waals surface area contributed by atoms with Crippen molar-refractivity contribution in [3.8, 4) is 27.9 Å². The smallest absolute Gasteiger partial charge is 0.0541 e. The first-order chi connectivity index (χ1) is 64.8. The van der Waals surface area contributed by atoms with Gasteiger partial charge in [-0.05, 0) is 174 Å². The van der Waals surface area contributed by atoms with Gasteiger partial charge >= 0.3 is 0 Å². The van der Waals surface area contributed by atoms with E-state index in [1.807, 2.05) is 96.9 Å².